The number of ether oxygens (including phenoxy) is 2. The molecule has 1 fully saturated rings. The molecule has 1 saturated heterocycles. The van der Waals surface area contributed by atoms with Gasteiger partial charge < -0.3 is 14.6 Å². The number of carboxylic acid groups (broad SMARTS) is 1. The Balaban J connectivity index is 1.85. The second-order valence-electron chi connectivity index (χ2n) is 5.22. The van der Waals surface area contributed by atoms with Crippen LogP contribution in [0.1, 0.15) is 23.2 Å². The number of likely N-dealkylation sites (tertiary alicyclic amines) is 1. The average molecular weight is 315 g/mol. The zero-order valence-corrected chi connectivity index (χ0v) is 12.3. The number of carboxylic acids is 1. The van der Waals surface area contributed by atoms with Crippen molar-refractivity contribution in [3.05, 3.63) is 23.8 Å². The molecule has 7 heteroatoms. The number of methoxy groups -OCH3 is 1. The first kappa shape index (κ1) is 16.5. The van der Waals surface area contributed by atoms with E-state index >= 15 is 0 Å². The number of benzene rings is 1. The second kappa shape index (κ2) is 6.91. The van der Waals surface area contributed by atoms with Gasteiger partial charge >= 0.3 is 5.97 Å². The summed E-state index contributed by atoms with van der Waals surface area (Å²) in [5.41, 5.74) is 0.113. The number of hydrogen-bond donors (Lipinski definition) is 1. The summed E-state index contributed by atoms with van der Waals surface area (Å²) in [6.45, 7) is 1.57. The van der Waals surface area contributed by atoms with E-state index in [1.54, 1.807) is 0 Å². The highest BCUT2D eigenvalue weighted by atomic mass is 19.3. The third kappa shape index (κ3) is 4.30. The van der Waals surface area contributed by atoms with Crippen molar-refractivity contribution in [3.8, 4) is 11.5 Å². The molecular formula is C15H19F2NO4. The van der Waals surface area contributed by atoms with E-state index in [2.05, 4.69) is 0 Å². The first-order chi connectivity index (χ1) is 10.4. The molecule has 0 aliphatic carbocycles. The highest BCUT2D eigenvalue weighted by molar-refractivity contribution is 5.88. The molecular weight excluding hydrogens is 296 g/mol. The van der Waals surface area contributed by atoms with Crippen LogP contribution in [0.25, 0.3) is 0 Å². The van der Waals surface area contributed by atoms with Crippen LogP contribution in [0.15, 0.2) is 18.2 Å². The molecule has 0 atom stereocenters. The lowest BCUT2D eigenvalue weighted by atomic mass is 10.1. The summed E-state index contributed by atoms with van der Waals surface area (Å²) < 4.78 is 36.8. The molecule has 1 aromatic rings. The largest absolute Gasteiger partial charge is 0.493 e. The fraction of sp³-hybridized carbons (Fsp3) is 0.533. The average Bonchev–Trinajstić information content (AvgIpc) is 2.49. The number of rotatable bonds is 6. The SMILES string of the molecule is COc1cc(C(=O)O)ccc1OCCN1CCC(F)(F)CC1. The van der Waals surface area contributed by atoms with Gasteiger partial charge in [0.05, 0.1) is 12.7 Å². The Kier molecular flexibility index (Phi) is 5.18. The van der Waals surface area contributed by atoms with Crippen LogP contribution in [-0.2, 0) is 0 Å². The van der Waals surface area contributed by atoms with Crippen LogP contribution in [0.2, 0.25) is 0 Å². The van der Waals surface area contributed by atoms with Crippen LogP contribution < -0.4 is 9.47 Å². The summed E-state index contributed by atoms with van der Waals surface area (Å²) in [5.74, 6) is -2.81. The minimum atomic E-state index is -2.55. The molecule has 1 heterocycles. The first-order valence-corrected chi connectivity index (χ1v) is 7.05. The van der Waals surface area contributed by atoms with Gasteiger partial charge in [-0.3, -0.25) is 4.90 Å². The molecule has 0 radical (unpaired) electrons. The van der Waals surface area contributed by atoms with Crippen LogP contribution in [0.5, 0.6) is 11.5 Å². The van der Waals surface area contributed by atoms with E-state index in [-0.39, 0.29) is 18.4 Å². The summed E-state index contributed by atoms with van der Waals surface area (Å²) in [4.78, 5) is 12.8. The summed E-state index contributed by atoms with van der Waals surface area (Å²) in [6.07, 6.45) is -0.243. The van der Waals surface area contributed by atoms with Crippen molar-refractivity contribution in [2.45, 2.75) is 18.8 Å². The molecule has 0 aromatic heterocycles. The normalized spacial score (nSPS) is 18.0. The number of carbonyl (C=O) groups is 1. The van der Waals surface area contributed by atoms with E-state index in [1.165, 1.54) is 25.3 Å². The summed E-state index contributed by atoms with van der Waals surface area (Å²) in [7, 11) is 1.43. The van der Waals surface area contributed by atoms with Crippen LogP contribution in [0.4, 0.5) is 8.78 Å². The van der Waals surface area contributed by atoms with Gasteiger partial charge in [0, 0.05) is 32.5 Å². The number of halogens is 2. The van der Waals surface area contributed by atoms with E-state index in [1.807, 2.05) is 4.90 Å². The highest BCUT2D eigenvalue weighted by Crippen LogP contribution is 2.29. The fourth-order valence-electron chi connectivity index (χ4n) is 2.31. The van der Waals surface area contributed by atoms with Gasteiger partial charge in [-0.05, 0) is 18.2 Å². The Hall–Kier alpha value is -1.89. The predicted molar refractivity (Wildman–Crippen MR) is 76.1 cm³/mol. The summed E-state index contributed by atoms with van der Waals surface area (Å²) >= 11 is 0. The zero-order chi connectivity index (χ0) is 16.2. The Morgan fingerprint density at radius 3 is 2.59 bits per heavy atom. The molecule has 1 aliphatic rings. The minimum Gasteiger partial charge on any atom is -0.493 e. The first-order valence-electron chi connectivity index (χ1n) is 7.05. The van der Waals surface area contributed by atoms with Crippen molar-refractivity contribution in [3.63, 3.8) is 0 Å². The predicted octanol–water partition coefficient (Wildman–Crippen LogP) is 2.50. The van der Waals surface area contributed by atoms with Gasteiger partial charge in [-0.25, -0.2) is 13.6 Å². The van der Waals surface area contributed by atoms with E-state index in [0.717, 1.165) is 0 Å². The maximum atomic E-state index is 13.0. The maximum absolute atomic E-state index is 13.0. The third-order valence-electron chi connectivity index (χ3n) is 3.66. The molecule has 0 spiro atoms. The Morgan fingerprint density at radius 1 is 1.32 bits per heavy atom. The van der Waals surface area contributed by atoms with E-state index in [4.69, 9.17) is 14.6 Å². The lowest BCUT2D eigenvalue weighted by Crippen LogP contribution is -2.41. The Morgan fingerprint density at radius 2 is 2.00 bits per heavy atom. The van der Waals surface area contributed by atoms with Crippen molar-refractivity contribution < 1.29 is 28.2 Å². The molecule has 0 amide bonds. The topological polar surface area (TPSA) is 59.0 Å². The van der Waals surface area contributed by atoms with Crippen molar-refractivity contribution >= 4 is 5.97 Å². The van der Waals surface area contributed by atoms with Crippen LogP contribution in [-0.4, -0.2) is 55.2 Å². The molecule has 2 rings (SSSR count). The van der Waals surface area contributed by atoms with Gasteiger partial charge in [-0.15, -0.1) is 0 Å². The van der Waals surface area contributed by atoms with Crippen molar-refractivity contribution in [2.75, 3.05) is 33.4 Å². The highest BCUT2D eigenvalue weighted by Gasteiger charge is 2.33. The Bertz CT molecular complexity index is 526. The molecule has 1 aromatic carbocycles. The smallest absolute Gasteiger partial charge is 0.335 e. The van der Waals surface area contributed by atoms with Gasteiger partial charge in [0.1, 0.15) is 6.61 Å². The fourth-order valence-corrected chi connectivity index (χ4v) is 2.31. The van der Waals surface area contributed by atoms with Crippen molar-refractivity contribution in [2.24, 2.45) is 0 Å². The van der Waals surface area contributed by atoms with Gasteiger partial charge in [-0.2, -0.15) is 0 Å². The number of nitrogens with zero attached hydrogens (tertiary/aromatic N) is 1. The van der Waals surface area contributed by atoms with Crippen LogP contribution in [0.3, 0.4) is 0 Å². The second-order valence-corrected chi connectivity index (χ2v) is 5.22. The van der Waals surface area contributed by atoms with Crippen molar-refractivity contribution in [1.29, 1.82) is 0 Å². The zero-order valence-electron chi connectivity index (χ0n) is 12.3. The van der Waals surface area contributed by atoms with Crippen molar-refractivity contribution in [1.82, 2.24) is 4.90 Å². The summed E-state index contributed by atoms with van der Waals surface area (Å²) in [6, 6.07) is 4.35. The molecule has 1 N–H and O–H groups in total. The van der Waals surface area contributed by atoms with Gasteiger partial charge in [0.15, 0.2) is 11.5 Å². The quantitative estimate of drug-likeness (QED) is 0.874. The molecule has 0 bridgehead atoms. The van der Waals surface area contributed by atoms with E-state index in [0.29, 0.717) is 37.7 Å². The standard InChI is InChI=1S/C15H19F2NO4/c1-21-13-10-11(14(19)20)2-3-12(13)22-9-8-18-6-4-15(16,17)5-7-18/h2-3,10H,4-9H2,1H3,(H,19,20). The lowest BCUT2D eigenvalue weighted by molar-refractivity contribution is -0.0564. The number of hydrogen-bond acceptors (Lipinski definition) is 4. The van der Waals surface area contributed by atoms with Gasteiger partial charge in [0.25, 0.3) is 5.92 Å². The molecule has 0 unspecified atom stereocenters. The minimum absolute atomic E-state index is 0.113. The van der Waals surface area contributed by atoms with E-state index in [9.17, 15) is 13.6 Å². The van der Waals surface area contributed by atoms with E-state index < -0.39 is 11.9 Å². The van der Waals surface area contributed by atoms with Crippen LogP contribution >= 0.6 is 0 Å². The lowest BCUT2D eigenvalue weighted by Gasteiger charge is -2.31. The molecule has 22 heavy (non-hydrogen) atoms. The molecule has 5 nitrogen and oxygen atoms in total. The Labute approximate surface area is 127 Å². The maximum Gasteiger partial charge on any atom is 0.335 e. The molecule has 122 valence electrons. The summed E-state index contributed by atoms with van der Waals surface area (Å²) in [5, 5.41) is 8.92. The van der Waals surface area contributed by atoms with Gasteiger partial charge in [-0.1, -0.05) is 0 Å². The molecule has 1 aliphatic heterocycles. The monoisotopic (exact) mass is 315 g/mol. The van der Waals surface area contributed by atoms with Gasteiger partial charge in [0.2, 0.25) is 0 Å². The number of piperidine rings is 1. The number of aromatic carboxylic acids is 1. The third-order valence-corrected chi connectivity index (χ3v) is 3.66. The number of alkyl halides is 2. The molecule has 0 saturated carbocycles. The van der Waals surface area contributed by atoms with Crippen LogP contribution in [0, 0.1) is 0 Å².